The van der Waals surface area contributed by atoms with Gasteiger partial charge < -0.3 is 15.7 Å². The van der Waals surface area contributed by atoms with Crippen molar-refractivity contribution in [2.24, 2.45) is 5.73 Å². The first-order valence-electron chi connectivity index (χ1n) is 4.53. The van der Waals surface area contributed by atoms with E-state index in [9.17, 15) is 9.59 Å². The molecule has 1 rings (SSSR count). The Morgan fingerprint density at radius 2 is 1.79 bits per heavy atom. The van der Waals surface area contributed by atoms with Gasteiger partial charge in [-0.15, -0.1) is 0 Å². The summed E-state index contributed by atoms with van der Waals surface area (Å²) in [5, 5.41) is 8.62. The van der Waals surface area contributed by atoms with Crippen LogP contribution in [0.1, 0.15) is 0 Å². The molecule has 1 heterocycles. The van der Waals surface area contributed by atoms with Gasteiger partial charge in [-0.1, -0.05) is 0 Å². The molecule has 0 radical (unpaired) electrons. The van der Waals surface area contributed by atoms with Crippen LogP contribution in [-0.2, 0) is 9.59 Å². The largest absolute Gasteiger partial charge is 0.387 e. The zero-order valence-electron chi connectivity index (χ0n) is 7.98. The standard InChI is InChI=1S/C8H15N3O3/c9-7(13)5-10-1-3-11(4-2-10)8(14)6-12/h12H,1-6H2,(H2,9,13). The minimum Gasteiger partial charge on any atom is -0.387 e. The van der Waals surface area contributed by atoms with E-state index in [0.717, 1.165) is 0 Å². The molecule has 1 aliphatic heterocycles. The Hall–Kier alpha value is -1.14. The zero-order valence-corrected chi connectivity index (χ0v) is 7.98. The summed E-state index contributed by atoms with van der Waals surface area (Å²) in [6, 6.07) is 0. The molecule has 6 nitrogen and oxygen atoms in total. The number of amides is 2. The molecule has 0 aliphatic carbocycles. The van der Waals surface area contributed by atoms with Crippen LogP contribution in [0.5, 0.6) is 0 Å². The number of hydrogen-bond acceptors (Lipinski definition) is 4. The Balaban J connectivity index is 2.31. The summed E-state index contributed by atoms with van der Waals surface area (Å²) in [6.07, 6.45) is 0. The topological polar surface area (TPSA) is 86.9 Å². The summed E-state index contributed by atoms with van der Waals surface area (Å²) in [7, 11) is 0. The maximum Gasteiger partial charge on any atom is 0.248 e. The highest BCUT2D eigenvalue weighted by Gasteiger charge is 2.20. The first-order valence-corrected chi connectivity index (χ1v) is 4.53. The molecule has 1 aliphatic rings. The molecule has 0 spiro atoms. The van der Waals surface area contributed by atoms with Crippen LogP contribution < -0.4 is 5.73 Å². The van der Waals surface area contributed by atoms with Crippen molar-refractivity contribution in [1.82, 2.24) is 9.80 Å². The quantitative estimate of drug-likeness (QED) is 0.533. The minimum absolute atomic E-state index is 0.237. The molecule has 0 bridgehead atoms. The van der Waals surface area contributed by atoms with E-state index in [0.29, 0.717) is 26.2 Å². The number of rotatable bonds is 3. The Labute approximate surface area is 82.3 Å². The Kier molecular flexibility index (Phi) is 3.84. The molecule has 0 atom stereocenters. The van der Waals surface area contributed by atoms with Crippen LogP contribution in [0.15, 0.2) is 0 Å². The summed E-state index contributed by atoms with van der Waals surface area (Å²) in [5.74, 6) is -0.615. The molecule has 2 amide bonds. The van der Waals surface area contributed by atoms with E-state index in [1.54, 1.807) is 4.90 Å². The summed E-state index contributed by atoms with van der Waals surface area (Å²) >= 11 is 0. The van der Waals surface area contributed by atoms with Gasteiger partial charge in [0.15, 0.2) is 0 Å². The van der Waals surface area contributed by atoms with Gasteiger partial charge in [-0.2, -0.15) is 0 Å². The van der Waals surface area contributed by atoms with E-state index in [-0.39, 0.29) is 18.4 Å². The van der Waals surface area contributed by atoms with Crippen molar-refractivity contribution >= 4 is 11.8 Å². The summed E-state index contributed by atoms with van der Waals surface area (Å²) in [6.45, 7) is 2.15. The van der Waals surface area contributed by atoms with Gasteiger partial charge in [0, 0.05) is 26.2 Å². The van der Waals surface area contributed by atoms with E-state index in [1.807, 2.05) is 4.90 Å². The lowest BCUT2D eigenvalue weighted by Gasteiger charge is -2.33. The number of nitrogens with zero attached hydrogens (tertiary/aromatic N) is 2. The molecule has 0 aromatic carbocycles. The van der Waals surface area contributed by atoms with Crippen LogP contribution in [0, 0.1) is 0 Å². The maximum atomic E-state index is 11.1. The second kappa shape index (κ2) is 4.92. The highest BCUT2D eigenvalue weighted by atomic mass is 16.3. The number of hydrogen-bond donors (Lipinski definition) is 2. The van der Waals surface area contributed by atoms with Crippen molar-refractivity contribution in [3.63, 3.8) is 0 Å². The fraction of sp³-hybridized carbons (Fsp3) is 0.750. The lowest BCUT2D eigenvalue weighted by Crippen LogP contribution is -2.51. The second-order valence-electron chi connectivity index (χ2n) is 3.28. The van der Waals surface area contributed by atoms with Gasteiger partial charge >= 0.3 is 0 Å². The lowest BCUT2D eigenvalue weighted by molar-refractivity contribution is -0.136. The molecule has 6 heteroatoms. The van der Waals surface area contributed by atoms with Crippen molar-refractivity contribution in [1.29, 1.82) is 0 Å². The van der Waals surface area contributed by atoms with Crippen LogP contribution in [0.25, 0.3) is 0 Å². The van der Waals surface area contributed by atoms with Crippen LogP contribution in [0.2, 0.25) is 0 Å². The van der Waals surface area contributed by atoms with E-state index in [1.165, 1.54) is 0 Å². The van der Waals surface area contributed by atoms with Crippen LogP contribution >= 0.6 is 0 Å². The first kappa shape index (κ1) is 10.9. The van der Waals surface area contributed by atoms with Gasteiger partial charge in [0.2, 0.25) is 11.8 Å². The van der Waals surface area contributed by atoms with Crippen LogP contribution in [0.4, 0.5) is 0 Å². The van der Waals surface area contributed by atoms with Gasteiger partial charge in [-0.3, -0.25) is 14.5 Å². The molecular weight excluding hydrogens is 186 g/mol. The first-order chi connectivity index (χ1) is 6.63. The minimum atomic E-state index is -0.449. The molecule has 14 heavy (non-hydrogen) atoms. The molecule has 0 unspecified atom stereocenters. The SMILES string of the molecule is NC(=O)CN1CCN(C(=O)CO)CC1. The van der Waals surface area contributed by atoms with E-state index in [4.69, 9.17) is 10.8 Å². The number of carbonyl (C=O) groups is 2. The number of aliphatic hydroxyl groups is 1. The number of primary amides is 1. The lowest BCUT2D eigenvalue weighted by atomic mass is 10.3. The predicted octanol–water partition coefficient (Wildman–Crippen LogP) is -2.39. The van der Waals surface area contributed by atoms with E-state index >= 15 is 0 Å². The van der Waals surface area contributed by atoms with E-state index < -0.39 is 6.61 Å². The van der Waals surface area contributed by atoms with Gasteiger partial charge in [-0.25, -0.2) is 0 Å². The molecule has 0 aromatic heterocycles. The number of aliphatic hydroxyl groups excluding tert-OH is 1. The van der Waals surface area contributed by atoms with Crippen LogP contribution in [-0.4, -0.2) is 66.1 Å². The van der Waals surface area contributed by atoms with Crippen molar-refractivity contribution in [3.8, 4) is 0 Å². The molecule has 1 fully saturated rings. The predicted molar refractivity (Wildman–Crippen MR) is 49.3 cm³/mol. The third-order valence-electron chi connectivity index (χ3n) is 2.24. The number of carbonyl (C=O) groups excluding carboxylic acids is 2. The second-order valence-corrected chi connectivity index (χ2v) is 3.28. The number of piperazine rings is 1. The molecule has 80 valence electrons. The highest BCUT2D eigenvalue weighted by Crippen LogP contribution is 2.00. The smallest absolute Gasteiger partial charge is 0.248 e. The van der Waals surface area contributed by atoms with Crippen molar-refractivity contribution in [3.05, 3.63) is 0 Å². The third kappa shape index (κ3) is 2.97. The monoisotopic (exact) mass is 201 g/mol. The average molecular weight is 201 g/mol. The summed E-state index contributed by atoms with van der Waals surface area (Å²) < 4.78 is 0. The van der Waals surface area contributed by atoms with Gasteiger partial charge in [0.05, 0.1) is 6.54 Å². The number of nitrogens with two attached hydrogens (primary N) is 1. The van der Waals surface area contributed by atoms with Gasteiger partial charge in [0.25, 0.3) is 0 Å². The summed E-state index contributed by atoms with van der Waals surface area (Å²) in [4.78, 5) is 25.1. The van der Waals surface area contributed by atoms with Crippen molar-refractivity contribution < 1.29 is 14.7 Å². The van der Waals surface area contributed by atoms with Crippen molar-refractivity contribution in [2.75, 3.05) is 39.3 Å². The zero-order chi connectivity index (χ0) is 10.6. The maximum absolute atomic E-state index is 11.1. The Morgan fingerprint density at radius 3 is 2.21 bits per heavy atom. The average Bonchev–Trinajstić information content (AvgIpc) is 2.17. The van der Waals surface area contributed by atoms with E-state index in [2.05, 4.69) is 0 Å². The highest BCUT2D eigenvalue weighted by molar-refractivity contribution is 5.77. The molecular formula is C8H15N3O3. The van der Waals surface area contributed by atoms with Gasteiger partial charge in [-0.05, 0) is 0 Å². The normalized spacial score (nSPS) is 18.2. The Morgan fingerprint density at radius 1 is 1.21 bits per heavy atom. The molecule has 1 saturated heterocycles. The Bertz CT molecular complexity index is 224. The van der Waals surface area contributed by atoms with Gasteiger partial charge in [0.1, 0.15) is 6.61 Å². The third-order valence-corrected chi connectivity index (χ3v) is 2.24. The molecule has 0 saturated carbocycles. The molecule has 3 N–H and O–H groups in total. The molecule has 0 aromatic rings. The summed E-state index contributed by atoms with van der Waals surface area (Å²) in [5.41, 5.74) is 5.04. The fourth-order valence-corrected chi connectivity index (χ4v) is 1.48. The van der Waals surface area contributed by atoms with Crippen LogP contribution in [0.3, 0.4) is 0 Å². The van der Waals surface area contributed by atoms with Crippen molar-refractivity contribution in [2.45, 2.75) is 0 Å². The fourth-order valence-electron chi connectivity index (χ4n) is 1.48.